The number of aryl methyl sites for hydroxylation is 1. The number of benzene rings is 3. The predicted molar refractivity (Wildman–Crippen MR) is 197 cm³/mol. The van der Waals surface area contributed by atoms with Gasteiger partial charge in [0.2, 0.25) is 0 Å². The van der Waals surface area contributed by atoms with Gasteiger partial charge in [-0.3, -0.25) is 9.78 Å². The third-order valence-electron chi connectivity index (χ3n) is 10.6. The van der Waals surface area contributed by atoms with Crippen LogP contribution in [-0.2, 0) is 35.7 Å². The van der Waals surface area contributed by atoms with Crippen molar-refractivity contribution in [1.82, 2.24) is 4.98 Å². The van der Waals surface area contributed by atoms with Crippen LogP contribution in [0.1, 0.15) is 111 Å². The van der Waals surface area contributed by atoms with E-state index in [0.717, 1.165) is 65.3 Å². The fraction of sp³-hybridized carbons (Fsp3) is 0.442. The summed E-state index contributed by atoms with van der Waals surface area (Å²) in [7, 11) is 0. The summed E-state index contributed by atoms with van der Waals surface area (Å²) in [6, 6.07) is 20.7. The molecule has 0 aliphatic heterocycles. The van der Waals surface area contributed by atoms with Gasteiger partial charge in [-0.25, -0.2) is 0 Å². The normalized spacial score (nSPS) is 15.4. The Balaban J connectivity index is 0.000000279. The van der Waals surface area contributed by atoms with Gasteiger partial charge in [-0.05, 0) is 73.5 Å². The van der Waals surface area contributed by atoms with Crippen molar-refractivity contribution in [2.75, 3.05) is 0 Å². The Bertz CT molecular complexity index is 1940. The molecule has 5 heteroatoms. The number of allylic oxidation sites excluding steroid dienone is 2. The molecule has 1 aliphatic carbocycles. The number of hydrogen-bond donors (Lipinski definition) is 1. The maximum atomic E-state index is 11.7. The van der Waals surface area contributed by atoms with Gasteiger partial charge >= 0.3 is 0 Å². The maximum absolute atomic E-state index is 11.7. The van der Waals surface area contributed by atoms with Crippen LogP contribution in [0.3, 0.4) is 0 Å². The van der Waals surface area contributed by atoms with Crippen molar-refractivity contribution in [2.45, 2.75) is 112 Å². The molecule has 0 saturated carbocycles. The Morgan fingerprint density at radius 3 is 2.23 bits per heavy atom. The summed E-state index contributed by atoms with van der Waals surface area (Å²) in [4.78, 5) is 16.5. The molecule has 2 heterocycles. The number of carbonyl (C=O) groups is 1. The molecular weight excluding hydrogens is 771 g/mol. The number of nitrogens with zero attached hydrogens (tertiary/aromatic N) is 1. The Hall–Kier alpha value is -3.27. The molecule has 0 unspecified atom stereocenters. The smallest absolute Gasteiger partial charge is 0.162 e. The molecule has 257 valence electrons. The molecule has 0 bridgehead atoms. The minimum atomic E-state index is 0. The first-order valence-corrected chi connectivity index (χ1v) is 17.6. The van der Waals surface area contributed by atoms with Crippen LogP contribution in [0.2, 0.25) is 0 Å². The fourth-order valence-corrected chi connectivity index (χ4v) is 7.39. The molecule has 1 radical (unpaired) electrons. The Kier molecular flexibility index (Phi) is 11.8. The first-order chi connectivity index (χ1) is 22.4. The standard InChI is InChI=1S/C30H28NO.C13H24O2.Ir/c1-18-16-23-25(30(4,5)14-13-29(23,2)3)28-24(18)22-12-15-31-26(27(22)32-28)21-11-10-19-8-6-7-9-20(19)17-21;1-5-10(6-2)12(14)9-13(15)11(7-3)8-4;/h6-12,15-16H,13-14H2,1-5H3;9-11,14H,5-8H2,1-4H3;/q-1;;/b;12-9-;. The second-order valence-corrected chi connectivity index (χ2v) is 14.7. The average Bonchev–Trinajstić information content (AvgIpc) is 3.45. The molecule has 0 amide bonds. The molecular formula is C43H52IrNO3-. The summed E-state index contributed by atoms with van der Waals surface area (Å²) >= 11 is 0. The zero-order chi connectivity index (χ0) is 34.1. The fourth-order valence-electron chi connectivity index (χ4n) is 7.39. The summed E-state index contributed by atoms with van der Waals surface area (Å²) < 4.78 is 6.78. The van der Waals surface area contributed by atoms with E-state index in [1.807, 2.05) is 33.9 Å². The largest absolute Gasteiger partial charge is 0.512 e. The Labute approximate surface area is 300 Å². The topological polar surface area (TPSA) is 63.3 Å². The minimum Gasteiger partial charge on any atom is -0.512 e. The summed E-state index contributed by atoms with van der Waals surface area (Å²) in [5.41, 5.74) is 8.06. The molecule has 3 aromatic carbocycles. The maximum Gasteiger partial charge on any atom is 0.162 e. The van der Waals surface area contributed by atoms with E-state index in [-0.39, 0.29) is 54.3 Å². The third kappa shape index (κ3) is 7.19. The van der Waals surface area contributed by atoms with Gasteiger partial charge in [0.15, 0.2) is 5.78 Å². The van der Waals surface area contributed by atoms with E-state index >= 15 is 0 Å². The first-order valence-electron chi connectivity index (χ1n) is 17.6. The molecule has 0 atom stereocenters. The van der Waals surface area contributed by atoms with Gasteiger partial charge < -0.3 is 9.52 Å². The molecule has 1 N–H and O–H groups in total. The third-order valence-corrected chi connectivity index (χ3v) is 10.6. The quantitative estimate of drug-likeness (QED) is 0.0962. The molecule has 0 spiro atoms. The van der Waals surface area contributed by atoms with Crippen molar-refractivity contribution in [3.8, 4) is 11.3 Å². The average molecular weight is 823 g/mol. The number of pyridine rings is 1. The number of rotatable bonds is 8. The van der Waals surface area contributed by atoms with Crippen molar-refractivity contribution < 1.29 is 34.4 Å². The molecule has 48 heavy (non-hydrogen) atoms. The molecule has 6 rings (SSSR count). The van der Waals surface area contributed by atoms with Gasteiger partial charge in [0, 0.05) is 66.2 Å². The van der Waals surface area contributed by atoms with Gasteiger partial charge in [0.25, 0.3) is 0 Å². The molecule has 2 aromatic heterocycles. The van der Waals surface area contributed by atoms with Gasteiger partial charge in [-0.15, -0.1) is 29.7 Å². The van der Waals surface area contributed by atoms with E-state index in [4.69, 9.17) is 9.40 Å². The van der Waals surface area contributed by atoms with E-state index in [1.165, 1.54) is 40.0 Å². The van der Waals surface area contributed by atoms with E-state index in [0.29, 0.717) is 0 Å². The van der Waals surface area contributed by atoms with Crippen LogP contribution in [0.15, 0.2) is 71.0 Å². The van der Waals surface area contributed by atoms with Crippen LogP contribution in [-0.4, -0.2) is 15.9 Å². The number of fused-ring (bicyclic) bond motifs is 6. The van der Waals surface area contributed by atoms with Crippen LogP contribution in [0.5, 0.6) is 0 Å². The number of aromatic nitrogens is 1. The Morgan fingerprint density at radius 2 is 1.56 bits per heavy atom. The number of aliphatic hydroxyl groups is 1. The minimum absolute atomic E-state index is 0. The van der Waals surface area contributed by atoms with Crippen molar-refractivity contribution in [3.63, 3.8) is 0 Å². The van der Waals surface area contributed by atoms with E-state index < -0.39 is 0 Å². The molecule has 0 saturated heterocycles. The first kappa shape index (κ1) is 37.5. The number of hydrogen-bond acceptors (Lipinski definition) is 4. The van der Waals surface area contributed by atoms with Crippen LogP contribution >= 0.6 is 0 Å². The number of aliphatic hydroxyl groups excluding tert-OH is 1. The van der Waals surface area contributed by atoms with Crippen LogP contribution < -0.4 is 0 Å². The number of carbonyl (C=O) groups excluding carboxylic acids is 1. The second-order valence-electron chi connectivity index (χ2n) is 14.7. The Morgan fingerprint density at radius 1 is 0.917 bits per heavy atom. The van der Waals surface area contributed by atoms with Crippen molar-refractivity contribution in [1.29, 1.82) is 0 Å². The van der Waals surface area contributed by atoms with Crippen molar-refractivity contribution in [2.24, 2.45) is 11.8 Å². The second kappa shape index (κ2) is 15.1. The van der Waals surface area contributed by atoms with Gasteiger partial charge in [-0.1, -0.05) is 90.6 Å². The van der Waals surface area contributed by atoms with E-state index in [1.54, 1.807) is 0 Å². The predicted octanol–water partition coefficient (Wildman–Crippen LogP) is 12.1. The summed E-state index contributed by atoms with van der Waals surface area (Å²) in [5, 5.41) is 14.4. The summed E-state index contributed by atoms with van der Waals surface area (Å²) in [6.07, 6.45) is 9.16. The van der Waals surface area contributed by atoms with Gasteiger partial charge in [0.1, 0.15) is 11.2 Å². The zero-order valence-electron chi connectivity index (χ0n) is 30.2. The SMILES string of the molecule is CCC(CC)C(=O)/C=C(\O)C(CC)CC.Cc1cc2c(c3oc4c(-c5[c-]c6ccccc6cc5)nccc4c13)C(C)(C)CCC2(C)C.[Ir]. The molecule has 4 nitrogen and oxygen atoms in total. The van der Waals surface area contributed by atoms with Crippen LogP contribution in [0.4, 0.5) is 0 Å². The van der Waals surface area contributed by atoms with E-state index in [2.05, 4.69) is 89.2 Å². The van der Waals surface area contributed by atoms with Gasteiger partial charge in [0.05, 0.1) is 5.76 Å². The van der Waals surface area contributed by atoms with Crippen molar-refractivity contribution in [3.05, 3.63) is 89.3 Å². The summed E-state index contributed by atoms with van der Waals surface area (Å²) in [5.74, 6) is 0.547. The van der Waals surface area contributed by atoms with Gasteiger partial charge in [-0.2, -0.15) is 0 Å². The van der Waals surface area contributed by atoms with Crippen LogP contribution in [0, 0.1) is 24.8 Å². The van der Waals surface area contributed by atoms with Crippen molar-refractivity contribution >= 4 is 38.5 Å². The zero-order valence-corrected chi connectivity index (χ0v) is 32.6. The molecule has 0 fully saturated rings. The summed E-state index contributed by atoms with van der Waals surface area (Å²) in [6.45, 7) is 19.7. The monoisotopic (exact) mass is 823 g/mol. The molecule has 1 aliphatic rings. The van der Waals surface area contributed by atoms with E-state index in [9.17, 15) is 9.90 Å². The van der Waals surface area contributed by atoms with Crippen LogP contribution in [0.25, 0.3) is 44.0 Å². The number of furan rings is 1. The number of ketones is 1. The molecule has 5 aromatic rings.